The van der Waals surface area contributed by atoms with E-state index < -0.39 is 5.54 Å². The SMILES string of the molecule is CCCCN1C(=O)[C@H](CC(C)C)NC(=O)C12CCN(Cc1ccc(Cl)cc1)CC2.Cl. The summed E-state index contributed by atoms with van der Waals surface area (Å²) in [5, 5.41) is 3.81. The molecule has 1 aromatic carbocycles. The van der Waals surface area contributed by atoms with Crippen LogP contribution in [0.2, 0.25) is 5.02 Å². The highest BCUT2D eigenvalue weighted by Crippen LogP contribution is 2.34. The molecule has 1 N–H and O–H groups in total. The van der Waals surface area contributed by atoms with Gasteiger partial charge in [-0.15, -0.1) is 12.4 Å². The van der Waals surface area contributed by atoms with Crippen LogP contribution in [0, 0.1) is 5.92 Å². The molecule has 2 heterocycles. The first kappa shape index (κ1) is 25.0. The number of nitrogens with zero attached hydrogens (tertiary/aromatic N) is 2. The monoisotopic (exact) mass is 455 g/mol. The van der Waals surface area contributed by atoms with Gasteiger partial charge in [0.25, 0.3) is 0 Å². The van der Waals surface area contributed by atoms with E-state index in [2.05, 4.69) is 31.0 Å². The highest BCUT2D eigenvalue weighted by molar-refractivity contribution is 6.30. The quantitative estimate of drug-likeness (QED) is 0.667. The molecule has 0 radical (unpaired) electrons. The van der Waals surface area contributed by atoms with Crippen molar-refractivity contribution in [3.63, 3.8) is 0 Å². The number of carbonyl (C=O) groups excluding carboxylic acids is 2. The van der Waals surface area contributed by atoms with Crippen LogP contribution >= 0.6 is 24.0 Å². The van der Waals surface area contributed by atoms with E-state index in [1.165, 1.54) is 5.56 Å². The fourth-order valence-electron chi connectivity index (χ4n) is 4.57. The summed E-state index contributed by atoms with van der Waals surface area (Å²) in [4.78, 5) is 30.8. The van der Waals surface area contributed by atoms with Crippen molar-refractivity contribution in [2.75, 3.05) is 19.6 Å². The lowest BCUT2D eigenvalue weighted by molar-refractivity contribution is -0.161. The van der Waals surface area contributed by atoms with Crippen LogP contribution in [0.4, 0.5) is 0 Å². The Morgan fingerprint density at radius 1 is 1.17 bits per heavy atom. The highest BCUT2D eigenvalue weighted by atomic mass is 35.5. The first-order valence-electron chi connectivity index (χ1n) is 10.9. The predicted molar refractivity (Wildman–Crippen MR) is 124 cm³/mol. The molecule has 5 nitrogen and oxygen atoms in total. The van der Waals surface area contributed by atoms with Gasteiger partial charge in [-0.25, -0.2) is 0 Å². The summed E-state index contributed by atoms with van der Waals surface area (Å²) in [5.41, 5.74) is 0.533. The fraction of sp³-hybridized carbons (Fsp3) is 0.652. The highest BCUT2D eigenvalue weighted by Gasteiger charge is 2.53. The van der Waals surface area contributed by atoms with Gasteiger partial charge >= 0.3 is 0 Å². The minimum absolute atomic E-state index is 0. The molecule has 2 saturated heterocycles. The van der Waals surface area contributed by atoms with Crippen molar-refractivity contribution in [2.45, 2.75) is 71.0 Å². The maximum Gasteiger partial charge on any atom is 0.246 e. The maximum absolute atomic E-state index is 13.3. The Morgan fingerprint density at radius 3 is 2.37 bits per heavy atom. The standard InChI is InChI=1S/C23H34ClN3O2.ClH/c1-4-5-12-27-21(28)20(15-17(2)3)25-22(29)23(27)10-13-26(14-11-23)16-18-6-8-19(24)9-7-18;/h6-9,17,20H,4-5,10-16H2,1-3H3,(H,25,29);1H/t20-;/m0./s1. The van der Waals surface area contributed by atoms with Crippen molar-refractivity contribution >= 4 is 35.8 Å². The molecule has 0 aliphatic carbocycles. The van der Waals surface area contributed by atoms with Crippen molar-refractivity contribution < 1.29 is 9.59 Å². The number of hydrogen-bond donors (Lipinski definition) is 1. The molecule has 3 rings (SSSR count). The molecular weight excluding hydrogens is 421 g/mol. The van der Waals surface area contributed by atoms with E-state index in [0.29, 0.717) is 31.7 Å². The van der Waals surface area contributed by atoms with Crippen LogP contribution in [-0.2, 0) is 16.1 Å². The number of hydrogen-bond acceptors (Lipinski definition) is 3. The summed E-state index contributed by atoms with van der Waals surface area (Å²) in [6, 6.07) is 7.55. The third kappa shape index (κ3) is 5.49. The second-order valence-electron chi connectivity index (χ2n) is 8.93. The van der Waals surface area contributed by atoms with Gasteiger partial charge in [0.1, 0.15) is 11.6 Å². The van der Waals surface area contributed by atoms with Crippen LogP contribution in [0.15, 0.2) is 24.3 Å². The van der Waals surface area contributed by atoms with E-state index in [4.69, 9.17) is 11.6 Å². The second kappa shape index (κ2) is 10.8. The summed E-state index contributed by atoms with van der Waals surface area (Å²) in [6.45, 7) is 9.44. The van der Waals surface area contributed by atoms with Crippen LogP contribution in [0.25, 0.3) is 0 Å². The number of benzene rings is 1. The van der Waals surface area contributed by atoms with Gasteiger partial charge in [0.2, 0.25) is 11.8 Å². The Morgan fingerprint density at radius 2 is 1.80 bits per heavy atom. The van der Waals surface area contributed by atoms with Crippen molar-refractivity contribution in [3.05, 3.63) is 34.9 Å². The van der Waals surface area contributed by atoms with Crippen molar-refractivity contribution in [3.8, 4) is 0 Å². The fourth-order valence-corrected chi connectivity index (χ4v) is 4.70. The van der Waals surface area contributed by atoms with E-state index in [9.17, 15) is 9.59 Å². The molecule has 0 unspecified atom stereocenters. The van der Waals surface area contributed by atoms with Crippen LogP contribution in [0.1, 0.15) is 58.4 Å². The van der Waals surface area contributed by atoms with Gasteiger partial charge in [0.05, 0.1) is 0 Å². The topological polar surface area (TPSA) is 52.7 Å². The van der Waals surface area contributed by atoms with Crippen molar-refractivity contribution in [1.29, 1.82) is 0 Å². The number of rotatable bonds is 7. The third-order valence-electron chi connectivity index (χ3n) is 6.25. The first-order chi connectivity index (χ1) is 13.9. The molecule has 0 saturated carbocycles. The number of amides is 2. The lowest BCUT2D eigenvalue weighted by Crippen LogP contribution is -2.73. The van der Waals surface area contributed by atoms with Gasteiger partial charge in [-0.2, -0.15) is 0 Å². The molecular formula is C23H35Cl2N3O2. The minimum Gasteiger partial charge on any atom is -0.342 e. The first-order valence-corrected chi connectivity index (χ1v) is 11.3. The van der Waals surface area contributed by atoms with Gasteiger partial charge in [-0.1, -0.05) is 50.9 Å². The third-order valence-corrected chi connectivity index (χ3v) is 6.51. The average molecular weight is 456 g/mol. The summed E-state index contributed by atoms with van der Waals surface area (Å²) in [7, 11) is 0. The predicted octanol–water partition coefficient (Wildman–Crippen LogP) is 4.27. The Labute approximate surface area is 191 Å². The molecule has 2 fully saturated rings. The zero-order valence-electron chi connectivity index (χ0n) is 18.3. The second-order valence-corrected chi connectivity index (χ2v) is 9.37. The van der Waals surface area contributed by atoms with E-state index in [0.717, 1.165) is 37.5 Å². The van der Waals surface area contributed by atoms with Crippen LogP contribution in [0.3, 0.4) is 0 Å². The van der Waals surface area contributed by atoms with E-state index >= 15 is 0 Å². The zero-order chi connectivity index (χ0) is 21.0. The number of piperazine rings is 1. The van der Waals surface area contributed by atoms with Crippen LogP contribution in [0.5, 0.6) is 0 Å². The van der Waals surface area contributed by atoms with Crippen LogP contribution in [-0.4, -0.2) is 52.8 Å². The number of unbranched alkanes of at least 4 members (excludes halogenated alkanes) is 1. The average Bonchev–Trinajstić information content (AvgIpc) is 2.69. The molecule has 2 aliphatic heterocycles. The number of piperidine rings is 1. The Bertz CT molecular complexity index is 716. The molecule has 0 bridgehead atoms. The molecule has 168 valence electrons. The van der Waals surface area contributed by atoms with E-state index in [1.54, 1.807) is 0 Å². The molecule has 2 aliphatic rings. The maximum atomic E-state index is 13.3. The molecule has 7 heteroatoms. The Balaban J connectivity index is 0.00000320. The summed E-state index contributed by atoms with van der Waals surface area (Å²) in [5.74, 6) is 0.524. The van der Waals surface area contributed by atoms with E-state index in [-0.39, 0.29) is 30.3 Å². The minimum atomic E-state index is -0.684. The molecule has 0 aromatic heterocycles. The molecule has 1 atom stereocenters. The molecule has 1 spiro atoms. The summed E-state index contributed by atoms with van der Waals surface area (Å²) < 4.78 is 0. The van der Waals surface area contributed by atoms with Gasteiger partial charge < -0.3 is 10.2 Å². The van der Waals surface area contributed by atoms with Crippen molar-refractivity contribution in [2.24, 2.45) is 5.92 Å². The van der Waals surface area contributed by atoms with Gasteiger partial charge in [-0.3, -0.25) is 14.5 Å². The van der Waals surface area contributed by atoms with E-state index in [1.807, 2.05) is 29.2 Å². The number of carbonyl (C=O) groups is 2. The summed E-state index contributed by atoms with van der Waals surface area (Å²) in [6.07, 6.45) is 4.03. The van der Waals surface area contributed by atoms with Gasteiger partial charge in [0.15, 0.2) is 0 Å². The Hall–Kier alpha value is -1.30. The smallest absolute Gasteiger partial charge is 0.246 e. The molecule has 2 amide bonds. The number of likely N-dealkylation sites (tertiary alicyclic amines) is 1. The normalized spacial score (nSPS) is 21.6. The number of halogens is 2. The Kier molecular flexibility index (Phi) is 9.01. The summed E-state index contributed by atoms with van der Waals surface area (Å²) >= 11 is 5.99. The molecule has 30 heavy (non-hydrogen) atoms. The van der Waals surface area contributed by atoms with Gasteiger partial charge in [0, 0.05) is 31.2 Å². The van der Waals surface area contributed by atoms with Crippen molar-refractivity contribution in [1.82, 2.24) is 15.1 Å². The lowest BCUT2D eigenvalue weighted by Gasteiger charge is -2.52. The molecule has 1 aromatic rings. The number of nitrogens with one attached hydrogen (secondary N) is 1. The largest absolute Gasteiger partial charge is 0.342 e. The zero-order valence-corrected chi connectivity index (χ0v) is 19.9. The van der Waals surface area contributed by atoms with Gasteiger partial charge in [-0.05, 0) is 49.3 Å². The lowest BCUT2D eigenvalue weighted by atomic mass is 9.80. The van der Waals surface area contributed by atoms with Crippen LogP contribution < -0.4 is 5.32 Å².